The molecular weight excluding hydrogens is 384 g/mol. The largest absolute Gasteiger partial charge is 0.324 e. The molecule has 0 bridgehead atoms. The van der Waals surface area contributed by atoms with Crippen LogP contribution in [0.2, 0.25) is 0 Å². The molecule has 1 heterocycles. The molecule has 29 heavy (non-hydrogen) atoms. The van der Waals surface area contributed by atoms with Gasteiger partial charge in [0.05, 0.1) is 4.91 Å². The summed E-state index contributed by atoms with van der Waals surface area (Å²) < 4.78 is 0. The molecule has 2 aromatic rings. The fraction of sp³-hybridized carbons (Fsp3) is 0.261. The van der Waals surface area contributed by atoms with Crippen LogP contribution < -0.4 is 5.32 Å². The highest BCUT2D eigenvalue weighted by Gasteiger charge is 2.36. The Balaban J connectivity index is 1.70. The second-order valence-electron chi connectivity index (χ2n) is 7.46. The van der Waals surface area contributed by atoms with E-state index in [-0.39, 0.29) is 6.54 Å². The first-order valence-corrected chi connectivity index (χ1v) is 10.3. The van der Waals surface area contributed by atoms with Gasteiger partial charge in [-0.15, -0.1) is 0 Å². The number of carbonyl (C=O) groups excluding carboxylic acids is 3. The van der Waals surface area contributed by atoms with Crippen LogP contribution in [0.1, 0.15) is 42.0 Å². The van der Waals surface area contributed by atoms with Crippen molar-refractivity contribution in [3.63, 3.8) is 0 Å². The number of benzene rings is 2. The summed E-state index contributed by atoms with van der Waals surface area (Å²) in [5.74, 6) is -0.417. The molecule has 0 spiro atoms. The van der Waals surface area contributed by atoms with Crippen molar-refractivity contribution < 1.29 is 14.4 Å². The Morgan fingerprint density at radius 3 is 2.45 bits per heavy atom. The first kappa shape index (κ1) is 20.9. The molecule has 3 rings (SSSR count). The Hall–Kier alpha value is -2.86. The highest BCUT2D eigenvalue weighted by atomic mass is 32.2. The van der Waals surface area contributed by atoms with Gasteiger partial charge in [0.1, 0.15) is 6.54 Å². The van der Waals surface area contributed by atoms with Gasteiger partial charge in [0.25, 0.3) is 11.1 Å². The van der Waals surface area contributed by atoms with Crippen molar-refractivity contribution in [2.75, 3.05) is 11.9 Å². The number of anilines is 1. The highest BCUT2D eigenvalue weighted by Crippen LogP contribution is 2.32. The molecule has 0 aromatic heterocycles. The maximum Gasteiger partial charge on any atom is 0.294 e. The van der Waals surface area contributed by atoms with Gasteiger partial charge in [0.15, 0.2) is 0 Å². The summed E-state index contributed by atoms with van der Waals surface area (Å²) >= 11 is 0.860. The van der Waals surface area contributed by atoms with Gasteiger partial charge >= 0.3 is 0 Å². The number of aryl methyl sites for hydroxylation is 2. The lowest BCUT2D eigenvalue weighted by Crippen LogP contribution is -2.36. The summed E-state index contributed by atoms with van der Waals surface area (Å²) in [6, 6.07) is 13.6. The van der Waals surface area contributed by atoms with Gasteiger partial charge in [-0.05, 0) is 65.9 Å². The van der Waals surface area contributed by atoms with Crippen LogP contribution in [0.4, 0.5) is 10.5 Å². The zero-order valence-corrected chi connectivity index (χ0v) is 17.8. The van der Waals surface area contributed by atoms with Crippen LogP contribution in [0.15, 0.2) is 47.4 Å². The van der Waals surface area contributed by atoms with Gasteiger partial charge in [-0.1, -0.05) is 50.2 Å². The van der Waals surface area contributed by atoms with E-state index >= 15 is 0 Å². The molecule has 1 fully saturated rings. The Morgan fingerprint density at radius 2 is 1.79 bits per heavy atom. The molecule has 0 unspecified atom stereocenters. The van der Waals surface area contributed by atoms with Crippen molar-refractivity contribution in [1.29, 1.82) is 0 Å². The van der Waals surface area contributed by atoms with Crippen molar-refractivity contribution in [3.05, 3.63) is 69.6 Å². The first-order chi connectivity index (χ1) is 13.7. The van der Waals surface area contributed by atoms with Gasteiger partial charge in [0.2, 0.25) is 5.91 Å². The normalized spacial score (nSPS) is 15.5. The molecule has 1 saturated heterocycles. The SMILES string of the molecule is Cc1ccc(C)c(NC(=O)CN2C(=O)S/C(=C/c3ccc(C(C)C)cc3)C2=O)c1. The van der Waals surface area contributed by atoms with Crippen molar-refractivity contribution in [2.45, 2.75) is 33.6 Å². The predicted molar refractivity (Wildman–Crippen MR) is 118 cm³/mol. The lowest BCUT2D eigenvalue weighted by atomic mass is 10.0. The zero-order valence-electron chi connectivity index (χ0n) is 17.0. The Labute approximate surface area is 175 Å². The lowest BCUT2D eigenvalue weighted by Gasteiger charge is -2.14. The molecule has 3 amide bonds. The molecule has 1 N–H and O–H groups in total. The van der Waals surface area contributed by atoms with Gasteiger partial charge in [-0.25, -0.2) is 0 Å². The van der Waals surface area contributed by atoms with E-state index in [1.54, 1.807) is 6.08 Å². The van der Waals surface area contributed by atoms with Gasteiger partial charge < -0.3 is 5.32 Å². The van der Waals surface area contributed by atoms with Gasteiger partial charge in [-0.3, -0.25) is 19.3 Å². The second-order valence-corrected chi connectivity index (χ2v) is 8.45. The number of imide groups is 1. The topological polar surface area (TPSA) is 66.5 Å². The van der Waals surface area contributed by atoms with Crippen LogP contribution in [0.3, 0.4) is 0 Å². The fourth-order valence-electron chi connectivity index (χ4n) is 2.97. The van der Waals surface area contributed by atoms with Gasteiger partial charge in [0, 0.05) is 5.69 Å². The van der Waals surface area contributed by atoms with Crippen molar-refractivity contribution in [3.8, 4) is 0 Å². The molecule has 1 aliphatic rings. The molecule has 5 nitrogen and oxygen atoms in total. The Kier molecular flexibility index (Phi) is 6.23. The van der Waals surface area contributed by atoms with Crippen LogP contribution in [0, 0.1) is 13.8 Å². The van der Waals surface area contributed by atoms with E-state index in [0.717, 1.165) is 33.4 Å². The van der Waals surface area contributed by atoms with E-state index in [1.165, 1.54) is 5.56 Å². The summed E-state index contributed by atoms with van der Waals surface area (Å²) in [5.41, 5.74) is 4.67. The summed E-state index contributed by atoms with van der Waals surface area (Å²) in [5, 5.41) is 2.35. The third kappa shape index (κ3) is 4.95. The average Bonchev–Trinajstić information content (AvgIpc) is 2.92. The molecule has 0 saturated carbocycles. The van der Waals surface area contributed by atoms with Crippen molar-refractivity contribution in [2.24, 2.45) is 0 Å². The monoisotopic (exact) mass is 408 g/mol. The summed E-state index contributed by atoms with van der Waals surface area (Å²) in [6.07, 6.45) is 1.69. The second kappa shape index (κ2) is 8.66. The van der Waals surface area contributed by atoms with Crippen LogP contribution >= 0.6 is 11.8 Å². The number of rotatable bonds is 5. The highest BCUT2D eigenvalue weighted by molar-refractivity contribution is 8.18. The quantitative estimate of drug-likeness (QED) is 0.699. The van der Waals surface area contributed by atoms with E-state index < -0.39 is 17.1 Å². The van der Waals surface area contributed by atoms with Crippen molar-refractivity contribution in [1.82, 2.24) is 4.90 Å². The minimum Gasteiger partial charge on any atom is -0.324 e. The predicted octanol–water partition coefficient (Wildman–Crippen LogP) is 5.10. The van der Waals surface area contributed by atoms with Crippen LogP contribution in [0.5, 0.6) is 0 Å². The Morgan fingerprint density at radius 1 is 1.10 bits per heavy atom. The van der Waals surface area contributed by atoms with Crippen LogP contribution in [-0.4, -0.2) is 28.5 Å². The smallest absolute Gasteiger partial charge is 0.294 e. The van der Waals surface area contributed by atoms with E-state index in [2.05, 4.69) is 19.2 Å². The molecule has 0 radical (unpaired) electrons. The molecule has 0 aliphatic carbocycles. The van der Waals surface area contributed by atoms with E-state index in [4.69, 9.17) is 0 Å². The fourth-order valence-corrected chi connectivity index (χ4v) is 3.81. The molecule has 2 aromatic carbocycles. The van der Waals surface area contributed by atoms with Crippen LogP contribution in [-0.2, 0) is 9.59 Å². The number of nitrogens with one attached hydrogen (secondary N) is 1. The summed E-state index contributed by atoms with van der Waals surface area (Å²) in [4.78, 5) is 38.6. The minimum atomic E-state index is -0.441. The van der Waals surface area contributed by atoms with E-state index in [9.17, 15) is 14.4 Å². The van der Waals surface area contributed by atoms with E-state index in [1.807, 2.05) is 56.3 Å². The summed E-state index contributed by atoms with van der Waals surface area (Å²) in [6.45, 7) is 7.75. The Bertz CT molecular complexity index is 994. The first-order valence-electron chi connectivity index (χ1n) is 9.47. The number of hydrogen-bond acceptors (Lipinski definition) is 4. The average molecular weight is 409 g/mol. The standard InChI is InChI=1S/C23H24N2O3S/c1-14(2)18-9-7-17(8-10-18)12-20-22(27)25(23(28)29-20)13-21(26)24-19-11-15(3)5-6-16(19)4/h5-12,14H,13H2,1-4H3,(H,24,26)/b20-12+. The molecular formula is C23H24N2O3S. The molecule has 6 heteroatoms. The number of nitrogens with zero attached hydrogens (tertiary/aromatic N) is 1. The van der Waals surface area contributed by atoms with Crippen LogP contribution in [0.25, 0.3) is 6.08 Å². The maximum atomic E-state index is 12.6. The molecule has 0 atom stereocenters. The van der Waals surface area contributed by atoms with Crippen molar-refractivity contribution >= 4 is 40.6 Å². The number of carbonyl (C=O) groups is 3. The third-order valence-corrected chi connectivity index (χ3v) is 5.65. The number of thioether (sulfide) groups is 1. The summed E-state index contributed by atoms with van der Waals surface area (Å²) in [7, 11) is 0. The number of hydrogen-bond donors (Lipinski definition) is 1. The zero-order chi connectivity index (χ0) is 21.1. The maximum absolute atomic E-state index is 12.6. The minimum absolute atomic E-state index is 0.304. The number of amides is 3. The third-order valence-electron chi connectivity index (χ3n) is 4.74. The van der Waals surface area contributed by atoms with Gasteiger partial charge in [-0.2, -0.15) is 0 Å². The molecule has 150 valence electrons. The molecule has 1 aliphatic heterocycles. The lowest BCUT2D eigenvalue weighted by molar-refractivity contribution is -0.127. The van der Waals surface area contributed by atoms with E-state index in [0.29, 0.717) is 16.5 Å².